The molecule has 0 bridgehead atoms. The van der Waals surface area contributed by atoms with Crippen LogP contribution >= 0.6 is 23.2 Å². The molecular formula is C24H30Cl2FNO3. The summed E-state index contributed by atoms with van der Waals surface area (Å²) in [4.78, 5) is 12.2. The third kappa shape index (κ3) is 7.46. The van der Waals surface area contributed by atoms with Crippen molar-refractivity contribution in [2.24, 2.45) is 0 Å². The second kappa shape index (κ2) is 12.4. The van der Waals surface area contributed by atoms with Crippen molar-refractivity contribution < 1.29 is 19.4 Å². The molecular weight excluding hydrogens is 440 g/mol. The molecule has 1 atom stereocenters. The number of halogens is 3. The molecule has 1 unspecified atom stereocenters. The third-order valence-electron chi connectivity index (χ3n) is 5.17. The van der Waals surface area contributed by atoms with Crippen LogP contribution in [0.3, 0.4) is 0 Å². The van der Waals surface area contributed by atoms with Gasteiger partial charge < -0.3 is 15.5 Å². The van der Waals surface area contributed by atoms with Crippen LogP contribution in [0.1, 0.15) is 73.8 Å². The van der Waals surface area contributed by atoms with Gasteiger partial charge in [0.1, 0.15) is 11.9 Å². The molecule has 31 heavy (non-hydrogen) atoms. The Hall–Kier alpha value is -1.66. The number of amides is 1. The molecule has 4 nitrogen and oxygen atoms in total. The van der Waals surface area contributed by atoms with Gasteiger partial charge in [-0.2, -0.15) is 0 Å². The van der Waals surface area contributed by atoms with Crippen molar-refractivity contribution >= 4 is 29.1 Å². The molecule has 170 valence electrons. The smallest absolute Gasteiger partial charge is 0.224 e. The van der Waals surface area contributed by atoms with E-state index in [4.69, 9.17) is 28.3 Å². The number of aliphatic hydroxyl groups is 2. The monoisotopic (exact) mass is 469 g/mol. The van der Waals surface area contributed by atoms with Crippen molar-refractivity contribution in [3.8, 4) is 0 Å². The molecule has 0 spiro atoms. The second-order valence-electron chi connectivity index (χ2n) is 7.96. The van der Waals surface area contributed by atoms with Crippen molar-refractivity contribution in [1.82, 2.24) is 5.32 Å². The van der Waals surface area contributed by atoms with E-state index in [1.165, 1.54) is 18.2 Å². The van der Waals surface area contributed by atoms with E-state index in [-0.39, 0.29) is 30.4 Å². The van der Waals surface area contributed by atoms with E-state index in [1.54, 1.807) is 12.1 Å². The summed E-state index contributed by atoms with van der Waals surface area (Å²) in [5.74, 6) is -0.704. The highest BCUT2D eigenvalue weighted by Gasteiger charge is 2.22. The van der Waals surface area contributed by atoms with Gasteiger partial charge in [0.15, 0.2) is 0 Å². The Morgan fingerprint density at radius 1 is 1.10 bits per heavy atom. The minimum atomic E-state index is -1.07. The zero-order valence-electron chi connectivity index (χ0n) is 17.9. The Morgan fingerprint density at radius 3 is 2.48 bits per heavy atom. The lowest BCUT2D eigenvalue weighted by atomic mass is 9.90. The normalized spacial score (nSPS) is 12.3. The van der Waals surface area contributed by atoms with Gasteiger partial charge in [0.25, 0.3) is 0 Å². The summed E-state index contributed by atoms with van der Waals surface area (Å²) in [7, 11) is 0. The average molecular weight is 470 g/mol. The van der Waals surface area contributed by atoms with E-state index >= 15 is 0 Å². The van der Waals surface area contributed by atoms with Gasteiger partial charge in [0.05, 0.1) is 6.42 Å². The van der Waals surface area contributed by atoms with Crippen molar-refractivity contribution in [2.75, 3.05) is 13.2 Å². The van der Waals surface area contributed by atoms with E-state index in [9.17, 15) is 14.3 Å². The van der Waals surface area contributed by atoms with Gasteiger partial charge in [-0.1, -0.05) is 56.0 Å². The molecule has 2 rings (SSSR count). The topological polar surface area (TPSA) is 69.6 Å². The zero-order valence-corrected chi connectivity index (χ0v) is 19.4. The molecule has 0 fully saturated rings. The number of nitrogens with one attached hydrogen (secondary N) is 1. The predicted molar refractivity (Wildman–Crippen MR) is 123 cm³/mol. The Morgan fingerprint density at radius 2 is 1.81 bits per heavy atom. The zero-order chi connectivity index (χ0) is 23.0. The Kier molecular flexibility index (Phi) is 10.2. The van der Waals surface area contributed by atoms with Crippen molar-refractivity contribution in [1.29, 1.82) is 0 Å². The van der Waals surface area contributed by atoms with Gasteiger partial charge in [-0.3, -0.25) is 4.79 Å². The molecule has 0 aliphatic heterocycles. The lowest BCUT2D eigenvalue weighted by molar-refractivity contribution is -0.120. The average Bonchev–Trinajstić information content (AvgIpc) is 2.71. The molecule has 1 amide bonds. The maximum atomic E-state index is 14.3. The third-order valence-corrected chi connectivity index (χ3v) is 5.70. The van der Waals surface area contributed by atoms with Crippen LogP contribution in [0.15, 0.2) is 30.3 Å². The second-order valence-corrected chi connectivity index (χ2v) is 8.81. The molecule has 0 aromatic heterocycles. The standard InChI is InChI=1S/C24H30Cl2FNO3/c1-15(2)19-13-18(25)14-20(26)23(19)24(31)16-7-8-21(27)17(11-16)12-22(30)28-9-5-3-4-6-10-29/h7-8,11,13-15,24,29,31H,3-6,9-10,12H2,1-2H3,(H,28,30). The summed E-state index contributed by atoms with van der Waals surface area (Å²) in [6.07, 6.45) is 2.19. The molecule has 2 aromatic rings. The summed E-state index contributed by atoms with van der Waals surface area (Å²) in [5, 5.41) is 23.4. The summed E-state index contributed by atoms with van der Waals surface area (Å²) >= 11 is 12.5. The van der Waals surface area contributed by atoms with Crippen LogP contribution in [-0.4, -0.2) is 29.3 Å². The van der Waals surface area contributed by atoms with Gasteiger partial charge in [-0.15, -0.1) is 0 Å². The first-order chi connectivity index (χ1) is 14.7. The fourth-order valence-corrected chi connectivity index (χ4v) is 4.10. The first-order valence-electron chi connectivity index (χ1n) is 10.6. The van der Waals surface area contributed by atoms with E-state index < -0.39 is 11.9 Å². The van der Waals surface area contributed by atoms with Crippen LogP contribution in [0.25, 0.3) is 0 Å². The number of rotatable bonds is 11. The molecule has 7 heteroatoms. The van der Waals surface area contributed by atoms with Crippen molar-refractivity contribution in [3.63, 3.8) is 0 Å². The number of benzene rings is 2. The van der Waals surface area contributed by atoms with Crippen LogP contribution in [0, 0.1) is 5.82 Å². The number of unbranched alkanes of at least 4 members (excludes halogenated alkanes) is 3. The van der Waals surface area contributed by atoms with Crippen LogP contribution < -0.4 is 5.32 Å². The largest absolute Gasteiger partial charge is 0.396 e. The van der Waals surface area contributed by atoms with E-state index in [2.05, 4.69) is 5.32 Å². The summed E-state index contributed by atoms with van der Waals surface area (Å²) < 4.78 is 14.3. The van der Waals surface area contributed by atoms with Gasteiger partial charge >= 0.3 is 0 Å². The first-order valence-corrected chi connectivity index (χ1v) is 11.3. The SMILES string of the molecule is CC(C)c1cc(Cl)cc(Cl)c1C(O)c1ccc(F)c(CC(=O)NCCCCCCO)c1. The minimum Gasteiger partial charge on any atom is -0.396 e. The van der Waals surface area contributed by atoms with E-state index in [1.807, 2.05) is 13.8 Å². The molecule has 0 saturated heterocycles. The highest BCUT2D eigenvalue weighted by atomic mass is 35.5. The maximum absolute atomic E-state index is 14.3. The number of aliphatic hydroxyl groups excluding tert-OH is 2. The molecule has 0 aliphatic rings. The van der Waals surface area contributed by atoms with Gasteiger partial charge in [0.2, 0.25) is 5.91 Å². The fourth-order valence-electron chi connectivity index (χ4n) is 3.49. The van der Waals surface area contributed by atoms with Crippen LogP contribution in [-0.2, 0) is 11.2 Å². The van der Waals surface area contributed by atoms with Crippen molar-refractivity contribution in [2.45, 2.75) is 58.0 Å². The Bertz CT molecular complexity index is 889. The number of carbonyl (C=O) groups excluding carboxylic acids is 1. The predicted octanol–water partition coefficient (Wildman–Crippen LogP) is 5.55. The van der Waals surface area contributed by atoms with Crippen LogP contribution in [0.5, 0.6) is 0 Å². The lowest BCUT2D eigenvalue weighted by Crippen LogP contribution is -2.26. The van der Waals surface area contributed by atoms with Crippen LogP contribution in [0.2, 0.25) is 10.0 Å². The highest BCUT2D eigenvalue weighted by Crippen LogP contribution is 2.37. The molecule has 2 aromatic carbocycles. The van der Waals surface area contributed by atoms with Gasteiger partial charge in [-0.25, -0.2) is 4.39 Å². The number of hydrogen-bond acceptors (Lipinski definition) is 3. The fraction of sp³-hybridized carbons (Fsp3) is 0.458. The Labute approximate surface area is 193 Å². The molecule has 0 heterocycles. The molecule has 0 saturated carbocycles. The lowest BCUT2D eigenvalue weighted by Gasteiger charge is -2.21. The van der Waals surface area contributed by atoms with E-state index in [0.29, 0.717) is 27.7 Å². The summed E-state index contributed by atoms with van der Waals surface area (Å²) in [6.45, 7) is 4.63. The Balaban J connectivity index is 2.13. The molecule has 0 aliphatic carbocycles. The minimum absolute atomic E-state index is 0.0731. The molecule has 3 N–H and O–H groups in total. The van der Waals surface area contributed by atoms with Gasteiger partial charge in [-0.05, 0) is 59.7 Å². The van der Waals surface area contributed by atoms with Crippen LogP contribution in [0.4, 0.5) is 4.39 Å². The number of carbonyl (C=O) groups is 1. The quantitative estimate of drug-likeness (QED) is 0.377. The first kappa shape index (κ1) is 25.6. The van der Waals surface area contributed by atoms with Gasteiger partial charge in [0, 0.05) is 28.8 Å². The highest BCUT2D eigenvalue weighted by molar-refractivity contribution is 6.35. The maximum Gasteiger partial charge on any atom is 0.224 e. The van der Waals surface area contributed by atoms with Crippen molar-refractivity contribution in [3.05, 3.63) is 68.4 Å². The summed E-state index contributed by atoms with van der Waals surface area (Å²) in [5.41, 5.74) is 2.02. The molecule has 0 radical (unpaired) electrons. The number of hydrogen-bond donors (Lipinski definition) is 3. The summed E-state index contributed by atoms with van der Waals surface area (Å²) in [6, 6.07) is 7.61. The van der Waals surface area contributed by atoms with E-state index in [0.717, 1.165) is 31.2 Å².